The molecule has 19 heavy (non-hydrogen) atoms. The topological polar surface area (TPSA) is 84.3 Å². The van der Waals surface area contributed by atoms with Crippen LogP contribution in [0.2, 0.25) is 0 Å². The van der Waals surface area contributed by atoms with Crippen molar-refractivity contribution in [2.45, 2.75) is 19.1 Å². The molecule has 0 heterocycles. The summed E-state index contributed by atoms with van der Waals surface area (Å²) in [6.45, 7) is 4.30. The molecular formula is C12H17N3O3S. The number of rotatable bonds is 5. The van der Waals surface area contributed by atoms with E-state index in [4.69, 9.17) is 0 Å². The standard InChI is InChI=1S/C12H17N3O3S/c1-8-6-10(15(17)18)4-5-11(8)14-12(16)13-7-9(2)19-3/h4-6,9H,7H2,1-3H3,(H2,13,14,16)/t9-/m0/s1. The minimum Gasteiger partial charge on any atom is -0.337 e. The summed E-state index contributed by atoms with van der Waals surface area (Å²) in [5.41, 5.74) is 1.24. The second kappa shape index (κ2) is 6.98. The van der Waals surface area contributed by atoms with Crippen LogP contribution in [-0.2, 0) is 0 Å². The summed E-state index contributed by atoms with van der Waals surface area (Å²) in [6.07, 6.45) is 1.98. The smallest absolute Gasteiger partial charge is 0.319 e. The van der Waals surface area contributed by atoms with E-state index < -0.39 is 4.92 Å². The molecule has 0 aliphatic carbocycles. The lowest BCUT2D eigenvalue weighted by Gasteiger charge is -2.12. The van der Waals surface area contributed by atoms with Gasteiger partial charge in [0, 0.05) is 29.6 Å². The van der Waals surface area contributed by atoms with Crippen molar-refractivity contribution in [3.8, 4) is 0 Å². The molecule has 1 rings (SSSR count). The quantitative estimate of drug-likeness (QED) is 0.643. The highest BCUT2D eigenvalue weighted by Gasteiger charge is 2.10. The van der Waals surface area contributed by atoms with Crippen LogP contribution in [0.15, 0.2) is 18.2 Å². The molecule has 0 aliphatic rings. The number of amides is 2. The molecule has 2 amide bonds. The summed E-state index contributed by atoms with van der Waals surface area (Å²) in [6, 6.07) is 4.02. The molecule has 7 heteroatoms. The van der Waals surface area contributed by atoms with Crippen molar-refractivity contribution >= 4 is 29.2 Å². The number of anilines is 1. The first-order chi connectivity index (χ1) is 8.93. The molecule has 0 unspecified atom stereocenters. The molecule has 1 aromatic rings. The average molecular weight is 283 g/mol. The van der Waals surface area contributed by atoms with Crippen LogP contribution in [-0.4, -0.2) is 29.0 Å². The maximum atomic E-state index is 11.6. The number of hydrogen-bond donors (Lipinski definition) is 2. The first-order valence-electron chi connectivity index (χ1n) is 5.76. The number of carbonyl (C=O) groups is 1. The molecule has 6 nitrogen and oxygen atoms in total. The summed E-state index contributed by atoms with van der Waals surface area (Å²) < 4.78 is 0. The van der Waals surface area contributed by atoms with Gasteiger partial charge in [-0.25, -0.2) is 4.79 Å². The third-order valence-corrected chi connectivity index (χ3v) is 3.59. The van der Waals surface area contributed by atoms with Gasteiger partial charge in [-0.05, 0) is 24.8 Å². The van der Waals surface area contributed by atoms with Crippen LogP contribution in [0.1, 0.15) is 12.5 Å². The largest absolute Gasteiger partial charge is 0.337 e. The zero-order valence-electron chi connectivity index (χ0n) is 11.1. The molecule has 0 radical (unpaired) electrons. The highest BCUT2D eigenvalue weighted by molar-refractivity contribution is 7.99. The number of hydrogen-bond acceptors (Lipinski definition) is 4. The van der Waals surface area contributed by atoms with E-state index in [2.05, 4.69) is 10.6 Å². The van der Waals surface area contributed by atoms with E-state index in [0.717, 1.165) is 0 Å². The Morgan fingerprint density at radius 1 is 1.53 bits per heavy atom. The Labute approximate surface area is 116 Å². The number of aryl methyl sites for hydroxylation is 1. The van der Waals surface area contributed by atoms with Crippen LogP contribution < -0.4 is 10.6 Å². The monoisotopic (exact) mass is 283 g/mol. The first-order valence-corrected chi connectivity index (χ1v) is 7.05. The van der Waals surface area contributed by atoms with Crippen LogP contribution in [0.25, 0.3) is 0 Å². The molecule has 0 fully saturated rings. The van der Waals surface area contributed by atoms with E-state index in [-0.39, 0.29) is 11.7 Å². The van der Waals surface area contributed by atoms with E-state index in [1.54, 1.807) is 18.7 Å². The Morgan fingerprint density at radius 3 is 2.74 bits per heavy atom. The summed E-state index contributed by atoms with van der Waals surface area (Å²) >= 11 is 1.66. The van der Waals surface area contributed by atoms with E-state index in [1.165, 1.54) is 18.2 Å². The van der Waals surface area contributed by atoms with Gasteiger partial charge in [-0.15, -0.1) is 0 Å². The fourth-order valence-corrected chi connectivity index (χ4v) is 1.64. The normalized spacial score (nSPS) is 11.7. The zero-order valence-corrected chi connectivity index (χ0v) is 11.9. The van der Waals surface area contributed by atoms with E-state index in [0.29, 0.717) is 23.0 Å². The number of carbonyl (C=O) groups excluding carboxylic acids is 1. The number of thioether (sulfide) groups is 1. The van der Waals surface area contributed by atoms with Gasteiger partial charge >= 0.3 is 6.03 Å². The zero-order chi connectivity index (χ0) is 14.4. The van der Waals surface area contributed by atoms with Crippen LogP contribution >= 0.6 is 11.8 Å². The van der Waals surface area contributed by atoms with Crippen LogP contribution in [0, 0.1) is 17.0 Å². The Balaban J connectivity index is 2.62. The molecule has 0 aromatic heterocycles. The molecule has 1 atom stereocenters. The lowest BCUT2D eigenvalue weighted by molar-refractivity contribution is -0.384. The van der Waals surface area contributed by atoms with Gasteiger partial charge in [0.05, 0.1) is 4.92 Å². The molecule has 0 spiro atoms. The van der Waals surface area contributed by atoms with Gasteiger partial charge in [-0.3, -0.25) is 10.1 Å². The molecular weight excluding hydrogens is 266 g/mol. The Bertz CT molecular complexity index is 479. The third kappa shape index (κ3) is 4.78. The van der Waals surface area contributed by atoms with E-state index in [9.17, 15) is 14.9 Å². The molecule has 0 saturated heterocycles. The minimum atomic E-state index is -0.461. The Kier molecular flexibility index (Phi) is 5.62. The summed E-state index contributed by atoms with van der Waals surface area (Å²) in [5.74, 6) is 0. The van der Waals surface area contributed by atoms with E-state index >= 15 is 0 Å². The SMILES string of the molecule is CS[C@@H](C)CNC(=O)Nc1ccc([N+](=O)[O-])cc1C. The van der Waals surface area contributed by atoms with Crippen LogP contribution in [0.4, 0.5) is 16.2 Å². The predicted molar refractivity (Wildman–Crippen MR) is 77.8 cm³/mol. The highest BCUT2D eigenvalue weighted by atomic mass is 32.2. The number of nitrogens with zero attached hydrogens (tertiary/aromatic N) is 1. The first kappa shape index (κ1) is 15.3. The van der Waals surface area contributed by atoms with Gasteiger partial charge in [-0.2, -0.15) is 11.8 Å². The molecule has 2 N–H and O–H groups in total. The fraction of sp³-hybridized carbons (Fsp3) is 0.417. The highest BCUT2D eigenvalue weighted by Crippen LogP contribution is 2.20. The number of non-ortho nitro benzene ring substituents is 1. The predicted octanol–water partition coefficient (Wildman–Crippen LogP) is 2.78. The minimum absolute atomic E-state index is 0.0134. The number of urea groups is 1. The van der Waals surface area contributed by atoms with Crippen molar-refractivity contribution in [1.29, 1.82) is 0 Å². The maximum absolute atomic E-state index is 11.6. The van der Waals surface area contributed by atoms with Gasteiger partial charge in [0.2, 0.25) is 0 Å². The van der Waals surface area contributed by atoms with Gasteiger partial charge < -0.3 is 10.6 Å². The van der Waals surface area contributed by atoms with Crippen molar-refractivity contribution in [2.75, 3.05) is 18.1 Å². The van der Waals surface area contributed by atoms with Gasteiger partial charge in [-0.1, -0.05) is 6.92 Å². The van der Waals surface area contributed by atoms with Crippen molar-refractivity contribution in [2.24, 2.45) is 0 Å². The molecule has 0 aliphatic heterocycles. The van der Waals surface area contributed by atoms with Gasteiger partial charge in [0.25, 0.3) is 5.69 Å². The van der Waals surface area contributed by atoms with Crippen LogP contribution in [0.3, 0.4) is 0 Å². The number of nitrogens with one attached hydrogen (secondary N) is 2. The molecule has 0 bridgehead atoms. The summed E-state index contributed by atoms with van der Waals surface area (Å²) in [5, 5.41) is 16.4. The van der Waals surface area contributed by atoms with E-state index in [1.807, 2.05) is 13.2 Å². The fourth-order valence-electron chi connectivity index (χ4n) is 1.39. The molecule has 1 aromatic carbocycles. The van der Waals surface area contributed by atoms with Crippen molar-refractivity contribution < 1.29 is 9.72 Å². The van der Waals surface area contributed by atoms with Crippen molar-refractivity contribution in [3.63, 3.8) is 0 Å². The summed E-state index contributed by atoms with van der Waals surface area (Å²) in [4.78, 5) is 21.8. The average Bonchev–Trinajstić information content (AvgIpc) is 2.38. The molecule has 0 saturated carbocycles. The van der Waals surface area contributed by atoms with Crippen LogP contribution in [0.5, 0.6) is 0 Å². The maximum Gasteiger partial charge on any atom is 0.319 e. The Hall–Kier alpha value is -1.76. The lowest BCUT2D eigenvalue weighted by atomic mass is 10.2. The second-order valence-corrected chi connectivity index (χ2v) is 5.41. The van der Waals surface area contributed by atoms with Crippen molar-refractivity contribution in [1.82, 2.24) is 5.32 Å². The Morgan fingerprint density at radius 2 is 2.21 bits per heavy atom. The van der Waals surface area contributed by atoms with Gasteiger partial charge in [0.15, 0.2) is 0 Å². The third-order valence-electron chi connectivity index (χ3n) is 2.62. The number of benzene rings is 1. The second-order valence-electron chi connectivity index (χ2n) is 4.14. The number of nitro benzene ring substituents is 1. The van der Waals surface area contributed by atoms with Gasteiger partial charge in [0.1, 0.15) is 0 Å². The molecule has 104 valence electrons. The van der Waals surface area contributed by atoms with Crippen molar-refractivity contribution in [3.05, 3.63) is 33.9 Å². The summed E-state index contributed by atoms with van der Waals surface area (Å²) in [7, 11) is 0. The lowest BCUT2D eigenvalue weighted by Crippen LogP contribution is -2.33. The number of nitro groups is 1.